The summed E-state index contributed by atoms with van der Waals surface area (Å²) in [6.45, 7) is 4.09. The van der Waals surface area contributed by atoms with Crippen LogP contribution in [-0.2, 0) is 17.9 Å². The first-order valence-electron chi connectivity index (χ1n) is 8.57. The number of aryl methyl sites for hydroxylation is 1. The van der Waals surface area contributed by atoms with E-state index in [9.17, 15) is 9.18 Å². The minimum atomic E-state index is -0.490. The minimum Gasteiger partial charge on any atom is -0.496 e. The molecule has 0 aliphatic heterocycles. The van der Waals surface area contributed by atoms with Gasteiger partial charge in [0.1, 0.15) is 23.7 Å². The van der Waals surface area contributed by atoms with Crippen molar-refractivity contribution < 1.29 is 18.7 Å². The summed E-state index contributed by atoms with van der Waals surface area (Å²) in [5.41, 5.74) is 3.32. The Bertz CT molecular complexity index is 952. The molecule has 27 heavy (non-hydrogen) atoms. The highest BCUT2D eigenvalue weighted by Crippen LogP contribution is 2.22. The lowest BCUT2D eigenvalue weighted by Crippen LogP contribution is -2.09. The molecule has 3 aromatic rings. The maximum absolute atomic E-state index is 13.5. The van der Waals surface area contributed by atoms with Crippen LogP contribution < -0.4 is 4.74 Å². The summed E-state index contributed by atoms with van der Waals surface area (Å²) < 4.78 is 25.8. The summed E-state index contributed by atoms with van der Waals surface area (Å²) in [4.78, 5) is 12.6. The van der Waals surface area contributed by atoms with E-state index >= 15 is 0 Å². The number of methoxy groups -OCH3 is 1. The SMILES string of the molecule is COc1ccc(F)cc1COC(=O)c1c(C)nn(Cc2ccccc2)c1C. The monoisotopic (exact) mass is 368 g/mol. The Morgan fingerprint density at radius 2 is 1.89 bits per heavy atom. The summed E-state index contributed by atoms with van der Waals surface area (Å²) in [7, 11) is 1.49. The number of carbonyl (C=O) groups excluding carboxylic acids is 1. The topological polar surface area (TPSA) is 53.4 Å². The Kier molecular flexibility index (Phi) is 5.54. The van der Waals surface area contributed by atoms with Gasteiger partial charge in [0.05, 0.1) is 25.0 Å². The zero-order chi connectivity index (χ0) is 19.4. The third kappa shape index (κ3) is 4.16. The second-order valence-corrected chi connectivity index (χ2v) is 6.22. The van der Waals surface area contributed by atoms with E-state index in [-0.39, 0.29) is 6.61 Å². The van der Waals surface area contributed by atoms with Gasteiger partial charge in [-0.25, -0.2) is 9.18 Å². The largest absolute Gasteiger partial charge is 0.496 e. The Morgan fingerprint density at radius 3 is 2.59 bits per heavy atom. The Labute approximate surface area is 157 Å². The van der Waals surface area contributed by atoms with E-state index in [1.165, 1.54) is 25.3 Å². The molecule has 1 heterocycles. The fourth-order valence-corrected chi connectivity index (χ4v) is 2.98. The second kappa shape index (κ2) is 8.03. The predicted molar refractivity (Wildman–Crippen MR) is 99.3 cm³/mol. The van der Waals surface area contributed by atoms with Gasteiger partial charge in [-0.15, -0.1) is 0 Å². The molecule has 0 amide bonds. The van der Waals surface area contributed by atoms with Gasteiger partial charge in [-0.2, -0.15) is 5.10 Å². The number of halogens is 1. The normalized spacial score (nSPS) is 10.7. The molecule has 0 aliphatic carbocycles. The number of carbonyl (C=O) groups is 1. The molecule has 0 radical (unpaired) electrons. The third-order valence-electron chi connectivity index (χ3n) is 4.36. The van der Waals surface area contributed by atoms with Crippen molar-refractivity contribution >= 4 is 5.97 Å². The predicted octanol–water partition coefficient (Wildman–Crippen LogP) is 4.05. The first-order valence-corrected chi connectivity index (χ1v) is 8.57. The fraction of sp³-hybridized carbons (Fsp3) is 0.238. The molecule has 0 saturated heterocycles. The standard InChI is InChI=1S/C21H21FN2O3/c1-14-20(15(2)24(23-14)12-16-7-5-4-6-8-16)21(25)27-13-17-11-18(22)9-10-19(17)26-3/h4-11H,12-13H2,1-3H3. The highest BCUT2D eigenvalue weighted by molar-refractivity contribution is 5.91. The van der Waals surface area contributed by atoms with Crippen molar-refractivity contribution in [3.05, 3.63) is 82.4 Å². The highest BCUT2D eigenvalue weighted by atomic mass is 19.1. The number of hydrogen-bond acceptors (Lipinski definition) is 4. The lowest BCUT2D eigenvalue weighted by atomic mass is 10.2. The van der Waals surface area contributed by atoms with Gasteiger partial charge in [-0.05, 0) is 37.6 Å². The number of rotatable bonds is 6. The van der Waals surface area contributed by atoms with Gasteiger partial charge in [0.2, 0.25) is 0 Å². The van der Waals surface area contributed by atoms with Crippen LogP contribution in [0.5, 0.6) is 5.75 Å². The zero-order valence-electron chi connectivity index (χ0n) is 15.5. The lowest BCUT2D eigenvalue weighted by molar-refractivity contribution is 0.0468. The van der Waals surface area contributed by atoms with Gasteiger partial charge >= 0.3 is 5.97 Å². The van der Waals surface area contributed by atoms with Crippen molar-refractivity contribution in [1.82, 2.24) is 9.78 Å². The van der Waals surface area contributed by atoms with Gasteiger partial charge in [0.15, 0.2) is 0 Å². The number of ether oxygens (including phenoxy) is 2. The molecule has 5 nitrogen and oxygen atoms in total. The number of esters is 1. The van der Waals surface area contributed by atoms with E-state index in [0.717, 1.165) is 11.3 Å². The zero-order valence-corrected chi connectivity index (χ0v) is 15.5. The van der Waals surface area contributed by atoms with Crippen LogP contribution in [0.2, 0.25) is 0 Å². The Morgan fingerprint density at radius 1 is 1.15 bits per heavy atom. The molecular weight excluding hydrogens is 347 g/mol. The molecule has 6 heteroatoms. The summed E-state index contributed by atoms with van der Waals surface area (Å²) in [6, 6.07) is 14.0. The van der Waals surface area contributed by atoms with Gasteiger partial charge in [-0.1, -0.05) is 30.3 Å². The van der Waals surface area contributed by atoms with Crippen molar-refractivity contribution in [2.45, 2.75) is 27.0 Å². The highest BCUT2D eigenvalue weighted by Gasteiger charge is 2.20. The first-order chi connectivity index (χ1) is 13.0. The molecule has 0 saturated carbocycles. The van der Waals surface area contributed by atoms with Crippen LogP contribution in [-0.4, -0.2) is 22.9 Å². The van der Waals surface area contributed by atoms with Crippen LogP contribution >= 0.6 is 0 Å². The van der Waals surface area contributed by atoms with Crippen molar-refractivity contribution in [2.24, 2.45) is 0 Å². The lowest BCUT2D eigenvalue weighted by Gasteiger charge is -2.10. The van der Waals surface area contributed by atoms with Gasteiger partial charge in [-0.3, -0.25) is 4.68 Å². The minimum absolute atomic E-state index is 0.0808. The summed E-state index contributed by atoms with van der Waals surface area (Å²) in [5, 5.41) is 4.46. The van der Waals surface area contributed by atoms with Gasteiger partial charge in [0, 0.05) is 5.56 Å². The molecule has 140 valence electrons. The molecule has 3 rings (SSSR count). The second-order valence-electron chi connectivity index (χ2n) is 6.22. The molecule has 1 aromatic heterocycles. The molecule has 0 fully saturated rings. The number of nitrogens with zero attached hydrogens (tertiary/aromatic N) is 2. The van der Waals surface area contributed by atoms with Gasteiger partial charge < -0.3 is 9.47 Å². The van der Waals surface area contributed by atoms with E-state index in [0.29, 0.717) is 29.1 Å². The first kappa shape index (κ1) is 18.6. The molecule has 0 bridgehead atoms. The average Bonchev–Trinajstić information content (AvgIpc) is 2.94. The van der Waals surface area contributed by atoms with Crippen LogP contribution in [0.1, 0.15) is 32.9 Å². The van der Waals surface area contributed by atoms with Crippen molar-refractivity contribution in [1.29, 1.82) is 0 Å². The third-order valence-corrected chi connectivity index (χ3v) is 4.36. The molecule has 2 aromatic carbocycles. The maximum Gasteiger partial charge on any atom is 0.342 e. The Balaban J connectivity index is 1.76. The van der Waals surface area contributed by atoms with Crippen molar-refractivity contribution in [3.63, 3.8) is 0 Å². The summed E-state index contributed by atoms with van der Waals surface area (Å²) in [6.07, 6.45) is 0. The Hall–Kier alpha value is -3.15. The number of aromatic nitrogens is 2. The smallest absolute Gasteiger partial charge is 0.342 e. The summed E-state index contributed by atoms with van der Waals surface area (Å²) in [5.74, 6) is -0.432. The van der Waals surface area contributed by atoms with E-state index in [1.54, 1.807) is 11.6 Å². The van der Waals surface area contributed by atoms with Crippen molar-refractivity contribution in [3.8, 4) is 5.75 Å². The molecular formula is C21H21FN2O3. The molecule has 0 aliphatic rings. The van der Waals surface area contributed by atoms with E-state index < -0.39 is 11.8 Å². The number of hydrogen-bond donors (Lipinski definition) is 0. The van der Waals surface area contributed by atoms with Crippen LogP contribution in [0.4, 0.5) is 4.39 Å². The number of benzene rings is 2. The molecule has 0 atom stereocenters. The van der Waals surface area contributed by atoms with E-state index in [2.05, 4.69) is 5.10 Å². The van der Waals surface area contributed by atoms with Gasteiger partial charge in [0.25, 0.3) is 0 Å². The summed E-state index contributed by atoms with van der Waals surface area (Å²) >= 11 is 0. The quantitative estimate of drug-likeness (QED) is 0.616. The fourth-order valence-electron chi connectivity index (χ4n) is 2.98. The maximum atomic E-state index is 13.5. The van der Waals surface area contributed by atoms with Crippen molar-refractivity contribution in [2.75, 3.05) is 7.11 Å². The van der Waals surface area contributed by atoms with Crippen LogP contribution in [0, 0.1) is 19.7 Å². The molecule has 0 unspecified atom stereocenters. The molecule has 0 spiro atoms. The van der Waals surface area contributed by atoms with Crippen LogP contribution in [0.15, 0.2) is 48.5 Å². The van der Waals surface area contributed by atoms with E-state index in [4.69, 9.17) is 9.47 Å². The van der Waals surface area contributed by atoms with Crippen LogP contribution in [0.25, 0.3) is 0 Å². The average molecular weight is 368 g/mol. The van der Waals surface area contributed by atoms with E-state index in [1.807, 2.05) is 37.3 Å². The molecule has 0 N–H and O–H groups in total. The van der Waals surface area contributed by atoms with Crippen LogP contribution in [0.3, 0.4) is 0 Å².